The van der Waals surface area contributed by atoms with E-state index in [0.29, 0.717) is 11.8 Å². The number of hydrogen-bond acceptors (Lipinski definition) is 1. The van der Waals surface area contributed by atoms with Gasteiger partial charge in [-0.15, -0.1) is 0 Å². The minimum atomic E-state index is -0.813. The summed E-state index contributed by atoms with van der Waals surface area (Å²) >= 11 is 0. The van der Waals surface area contributed by atoms with Crippen LogP contribution in [0, 0.1) is 17.8 Å². The highest BCUT2D eigenvalue weighted by atomic mass is 16.4. The van der Waals surface area contributed by atoms with Crippen molar-refractivity contribution < 1.29 is 9.90 Å². The Hall–Kier alpha value is -0.530. The van der Waals surface area contributed by atoms with E-state index in [4.69, 9.17) is 0 Å². The zero-order chi connectivity index (χ0) is 7.14. The Morgan fingerprint density at radius 2 is 2.00 bits per heavy atom. The third kappa shape index (κ3) is 0.746. The molecule has 2 aliphatic carbocycles. The summed E-state index contributed by atoms with van der Waals surface area (Å²) in [6.45, 7) is 0. The molecular formula is C8H11O2. The summed E-state index contributed by atoms with van der Waals surface area (Å²) in [6.07, 6.45) is 4.43. The summed E-state index contributed by atoms with van der Waals surface area (Å²) in [5.41, 5.74) is 0. The number of carbonyl (C=O) groups is 1. The summed E-state index contributed by atoms with van der Waals surface area (Å²) in [4.78, 5) is 10.5. The highest BCUT2D eigenvalue weighted by Gasteiger charge is 2.43. The van der Waals surface area contributed by atoms with Gasteiger partial charge in [-0.05, 0) is 31.1 Å². The highest BCUT2D eigenvalue weighted by Crippen LogP contribution is 2.48. The smallest absolute Gasteiger partial charge is 0.247 e. The molecule has 0 saturated heterocycles. The molecule has 0 N–H and O–H groups in total. The van der Waals surface area contributed by atoms with Crippen LogP contribution >= 0.6 is 0 Å². The zero-order valence-corrected chi connectivity index (χ0v) is 5.88. The lowest BCUT2D eigenvalue weighted by Crippen LogP contribution is -2.18. The highest BCUT2D eigenvalue weighted by molar-refractivity contribution is 5.70. The van der Waals surface area contributed by atoms with Gasteiger partial charge in [-0.2, -0.15) is 0 Å². The Bertz CT molecular complexity index is 165. The third-order valence-electron chi connectivity index (χ3n) is 3.04. The maximum absolute atomic E-state index is 10.5. The maximum Gasteiger partial charge on any atom is 0.358 e. The maximum atomic E-state index is 10.5. The van der Waals surface area contributed by atoms with Gasteiger partial charge in [0.25, 0.3) is 0 Å². The van der Waals surface area contributed by atoms with E-state index in [2.05, 4.69) is 0 Å². The molecule has 2 fully saturated rings. The monoisotopic (exact) mass is 139 g/mol. The molecule has 2 heteroatoms. The van der Waals surface area contributed by atoms with Crippen molar-refractivity contribution in [1.82, 2.24) is 0 Å². The summed E-state index contributed by atoms with van der Waals surface area (Å²) in [6, 6.07) is 0. The third-order valence-corrected chi connectivity index (χ3v) is 3.04. The molecule has 0 heterocycles. The van der Waals surface area contributed by atoms with Gasteiger partial charge in [0.15, 0.2) is 0 Å². The lowest BCUT2D eigenvalue weighted by Gasteiger charge is -2.14. The van der Waals surface area contributed by atoms with E-state index in [-0.39, 0.29) is 5.92 Å². The van der Waals surface area contributed by atoms with Gasteiger partial charge in [0.2, 0.25) is 0 Å². The predicted molar refractivity (Wildman–Crippen MR) is 34.6 cm³/mol. The first-order chi connectivity index (χ1) is 4.77. The number of fused-ring (bicyclic) bond motifs is 2. The lowest BCUT2D eigenvalue weighted by atomic mass is 9.89. The normalized spacial score (nSPS) is 44.2. The van der Waals surface area contributed by atoms with E-state index >= 15 is 0 Å². The summed E-state index contributed by atoms with van der Waals surface area (Å²) < 4.78 is 0. The molecule has 2 nitrogen and oxygen atoms in total. The second-order valence-electron chi connectivity index (χ2n) is 3.60. The van der Waals surface area contributed by atoms with Crippen LogP contribution in [0.4, 0.5) is 0 Å². The molecule has 2 aliphatic rings. The van der Waals surface area contributed by atoms with Crippen molar-refractivity contribution in [3.8, 4) is 0 Å². The van der Waals surface area contributed by atoms with Gasteiger partial charge in [-0.1, -0.05) is 6.42 Å². The van der Waals surface area contributed by atoms with E-state index in [1.165, 1.54) is 6.42 Å². The molecule has 0 aromatic carbocycles. The topological polar surface area (TPSA) is 37.0 Å². The van der Waals surface area contributed by atoms with Gasteiger partial charge >= 0.3 is 5.97 Å². The first-order valence-corrected chi connectivity index (χ1v) is 3.98. The Morgan fingerprint density at radius 1 is 1.20 bits per heavy atom. The fourth-order valence-electron chi connectivity index (χ4n) is 2.53. The lowest BCUT2D eigenvalue weighted by molar-refractivity contribution is -0.149. The SMILES string of the molecule is [O]C(=O)C1CC2CCC1C2. The molecule has 3 unspecified atom stereocenters. The second kappa shape index (κ2) is 1.97. The van der Waals surface area contributed by atoms with E-state index < -0.39 is 5.97 Å². The molecule has 0 aliphatic heterocycles. The molecule has 0 aromatic rings. The Balaban J connectivity index is 2.08. The summed E-state index contributed by atoms with van der Waals surface area (Å²) in [5.74, 6) is 0.272. The van der Waals surface area contributed by atoms with Gasteiger partial charge in [-0.3, -0.25) is 0 Å². The largest absolute Gasteiger partial charge is 0.358 e. The first-order valence-electron chi connectivity index (χ1n) is 3.98. The van der Waals surface area contributed by atoms with Crippen LogP contribution in [-0.2, 0) is 9.90 Å². The van der Waals surface area contributed by atoms with E-state index in [0.717, 1.165) is 19.3 Å². The fourth-order valence-corrected chi connectivity index (χ4v) is 2.53. The summed E-state index contributed by atoms with van der Waals surface area (Å²) in [5, 5.41) is 10.5. The minimum absolute atomic E-state index is 0.0984. The first kappa shape index (κ1) is 6.20. The Labute approximate surface area is 60.2 Å². The zero-order valence-electron chi connectivity index (χ0n) is 5.88. The van der Waals surface area contributed by atoms with Gasteiger partial charge in [0.05, 0.1) is 5.92 Å². The van der Waals surface area contributed by atoms with Crippen molar-refractivity contribution in [1.29, 1.82) is 0 Å². The number of carbonyl (C=O) groups excluding carboxylic acids is 1. The van der Waals surface area contributed by atoms with Crippen LogP contribution in [0.2, 0.25) is 0 Å². The van der Waals surface area contributed by atoms with Crippen LogP contribution < -0.4 is 0 Å². The van der Waals surface area contributed by atoms with Crippen molar-refractivity contribution in [2.24, 2.45) is 17.8 Å². The van der Waals surface area contributed by atoms with Crippen LogP contribution in [0.25, 0.3) is 0 Å². The van der Waals surface area contributed by atoms with Gasteiger partial charge < -0.3 is 0 Å². The van der Waals surface area contributed by atoms with Crippen molar-refractivity contribution in [2.75, 3.05) is 0 Å². The minimum Gasteiger partial charge on any atom is -0.247 e. The van der Waals surface area contributed by atoms with Gasteiger partial charge in [-0.25, -0.2) is 9.90 Å². The molecule has 2 saturated carbocycles. The molecule has 2 rings (SSSR count). The van der Waals surface area contributed by atoms with Crippen molar-refractivity contribution in [3.63, 3.8) is 0 Å². The van der Waals surface area contributed by atoms with E-state index in [9.17, 15) is 9.90 Å². The van der Waals surface area contributed by atoms with Crippen LogP contribution in [0.3, 0.4) is 0 Å². The molecule has 0 spiro atoms. The quantitative estimate of drug-likeness (QED) is 0.540. The molecule has 2 bridgehead atoms. The van der Waals surface area contributed by atoms with Gasteiger partial charge in [0.1, 0.15) is 0 Å². The van der Waals surface area contributed by atoms with Crippen molar-refractivity contribution in [2.45, 2.75) is 25.7 Å². The predicted octanol–water partition coefficient (Wildman–Crippen LogP) is 1.38. The molecule has 0 amide bonds. The van der Waals surface area contributed by atoms with E-state index in [1.54, 1.807) is 0 Å². The Morgan fingerprint density at radius 3 is 2.30 bits per heavy atom. The van der Waals surface area contributed by atoms with Crippen LogP contribution in [-0.4, -0.2) is 5.97 Å². The molecule has 1 radical (unpaired) electrons. The molecular weight excluding hydrogens is 128 g/mol. The van der Waals surface area contributed by atoms with E-state index in [1.807, 2.05) is 0 Å². The van der Waals surface area contributed by atoms with Crippen molar-refractivity contribution >= 4 is 5.97 Å². The standard InChI is InChI=1S/C8H11O2/c9-8(10)7-4-5-1-2-6(7)3-5/h5-7H,1-4H2. The van der Waals surface area contributed by atoms with Crippen LogP contribution in [0.15, 0.2) is 0 Å². The second-order valence-corrected chi connectivity index (χ2v) is 3.60. The Kier molecular flexibility index (Phi) is 1.22. The van der Waals surface area contributed by atoms with Crippen molar-refractivity contribution in [3.05, 3.63) is 0 Å². The molecule has 10 heavy (non-hydrogen) atoms. The molecule has 3 atom stereocenters. The van der Waals surface area contributed by atoms with Crippen LogP contribution in [0.5, 0.6) is 0 Å². The average molecular weight is 139 g/mol. The van der Waals surface area contributed by atoms with Gasteiger partial charge in [0, 0.05) is 0 Å². The number of hydrogen-bond donors (Lipinski definition) is 0. The average Bonchev–Trinajstić information content (AvgIpc) is 2.44. The summed E-state index contributed by atoms with van der Waals surface area (Å²) in [7, 11) is 0. The molecule has 55 valence electrons. The fraction of sp³-hybridized carbons (Fsp3) is 0.875. The number of rotatable bonds is 1. The van der Waals surface area contributed by atoms with Crippen LogP contribution in [0.1, 0.15) is 25.7 Å². The molecule has 0 aromatic heterocycles.